The van der Waals surface area contributed by atoms with Gasteiger partial charge >= 0.3 is 6.09 Å². The van der Waals surface area contributed by atoms with Gasteiger partial charge in [-0.3, -0.25) is 0 Å². The number of carboxylic acid groups (broad SMARTS) is 1. The van der Waals surface area contributed by atoms with E-state index in [1.807, 2.05) is 6.92 Å². The first-order valence-electron chi connectivity index (χ1n) is 4.11. The summed E-state index contributed by atoms with van der Waals surface area (Å²) in [5, 5.41) is 12.0. The van der Waals surface area contributed by atoms with Gasteiger partial charge in [0.25, 0.3) is 0 Å². The molecule has 5 heteroatoms. The minimum absolute atomic E-state index is 0.252. The summed E-state index contributed by atoms with van der Waals surface area (Å²) < 4.78 is 0. The van der Waals surface area contributed by atoms with E-state index in [0.717, 1.165) is 4.90 Å². The Labute approximate surface area is 83.9 Å². The Bertz CT molecular complexity index is 211. The maximum absolute atomic E-state index is 10.9. The van der Waals surface area contributed by atoms with Gasteiger partial charge in [-0.25, -0.2) is 9.69 Å². The van der Waals surface area contributed by atoms with Crippen molar-refractivity contribution in [1.82, 2.24) is 10.2 Å². The van der Waals surface area contributed by atoms with Crippen molar-refractivity contribution in [2.45, 2.75) is 33.2 Å². The minimum atomic E-state index is -1.03. The molecule has 0 radical (unpaired) electrons. The molecule has 4 nitrogen and oxygen atoms in total. The monoisotopic (exact) mass is 204 g/mol. The summed E-state index contributed by atoms with van der Waals surface area (Å²) in [5.74, 6) is 0. The zero-order chi connectivity index (χ0) is 10.6. The molecule has 2 N–H and O–H groups in total. The molecule has 0 aromatic heterocycles. The third-order valence-corrected chi connectivity index (χ3v) is 1.72. The molecule has 0 bridgehead atoms. The average molecular weight is 204 g/mol. The molecule has 76 valence electrons. The molecule has 0 saturated heterocycles. The predicted molar refractivity (Wildman–Crippen MR) is 55.9 cm³/mol. The van der Waals surface area contributed by atoms with E-state index in [1.165, 1.54) is 0 Å². The highest BCUT2D eigenvalue weighted by Crippen LogP contribution is 2.13. The second kappa shape index (κ2) is 4.41. The topological polar surface area (TPSA) is 52.6 Å². The molecule has 0 aliphatic heterocycles. The van der Waals surface area contributed by atoms with Crippen molar-refractivity contribution in [2.24, 2.45) is 0 Å². The van der Waals surface area contributed by atoms with Crippen LogP contribution in [0.15, 0.2) is 0 Å². The average Bonchev–Trinajstić information content (AvgIpc) is 1.82. The Balaban J connectivity index is 4.63. The number of nitrogens with zero attached hydrogens (tertiary/aromatic N) is 1. The lowest BCUT2D eigenvalue weighted by Gasteiger charge is -2.33. The van der Waals surface area contributed by atoms with E-state index in [-0.39, 0.29) is 5.11 Å². The van der Waals surface area contributed by atoms with Crippen LogP contribution in [0.2, 0.25) is 0 Å². The Hall–Kier alpha value is -0.840. The largest absolute Gasteiger partial charge is 0.465 e. The molecule has 0 aromatic carbocycles. The van der Waals surface area contributed by atoms with Gasteiger partial charge in [0.15, 0.2) is 5.11 Å². The molecular weight excluding hydrogens is 188 g/mol. The fourth-order valence-electron chi connectivity index (χ4n) is 0.909. The maximum atomic E-state index is 10.9. The van der Waals surface area contributed by atoms with Crippen LogP contribution in [0.25, 0.3) is 0 Å². The van der Waals surface area contributed by atoms with E-state index in [4.69, 9.17) is 17.3 Å². The van der Waals surface area contributed by atoms with Gasteiger partial charge < -0.3 is 10.4 Å². The van der Waals surface area contributed by atoms with Crippen molar-refractivity contribution in [2.75, 3.05) is 6.54 Å². The fraction of sp³-hybridized carbons (Fsp3) is 0.750. The van der Waals surface area contributed by atoms with Crippen molar-refractivity contribution >= 4 is 23.4 Å². The number of nitrogens with one attached hydrogen (secondary N) is 1. The number of hydrogen-bond acceptors (Lipinski definition) is 2. The van der Waals surface area contributed by atoms with Crippen LogP contribution in [-0.2, 0) is 0 Å². The van der Waals surface area contributed by atoms with Crippen molar-refractivity contribution in [3.05, 3.63) is 0 Å². The van der Waals surface area contributed by atoms with E-state index in [9.17, 15) is 4.79 Å². The van der Waals surface area contributed by atoms with E-state index >= 15 is 0 Å². The molecule has 0 aliphatic carbocycles. The Kier molecular flexibility index (Phi) is 4.13. The maximum Gasteiger partial charge on any atom is 0.414 e. The van der Waals surface area contributed by atoms with E-state index in [1.54, 1.807) is 20.8 Å². The van der Waals surface area contributed by atoms with Gasteiger partial charge in [-0.2, -0.15) is 0 Å². The number of amides is 1. The van der Waals surface area contributed by atoms with Gasteiger partial charge in [0, 0.05) is 12.1 Å². The summed E-state index contributed by atoms with van der Waals surface area (Å²) in [6, 6.07) is 0. The molecule has 0 atom stereocenters. The van der Waals surface area contributed by atoms with Crippen LogP contribution in [-0.4, -0.2) is 33.3 Å². The third kappa shape index (κ3) is 3.59. The molecule has 0 aromatic rings. The molecule has 13 heavy (non-hydrogen) atoms. The van der Waals surface area contributed by atoms with Crippen LogP contribution in [0.5, 0.6) is 0 Å². The second-order valence-electron chi connectivity index (χ2n) is 3.62. The highest BCUT2D eigenvalue weighted by molar-refractivity contribution is 7.80. The van der Waals surface area contributed by atoms with Crippen LogP contribution in [0.1, 0.15) is 27.7 Å². The fourth-order valence-corrected chi connectivity index (χ4v) is 1.41. The van der Waals surface area contributed by atoms with Gasteiger partial charge in [0.1, 0.15) is 0 Å². The molecule has 0 spiro atoms. The Morgan fingerprint density at radius 1 is 1.54 bits per heavy atom. The lowest BCUT2D eigenvalue weighted by Crippen LogP contribution is -2.52. The third-order valence-electron chi connectivity index (χ3n) is 1.39. The number of hydrogen-bond donors (Lipinski definition) is 2. The quantitative estimate of drug-likeness (QED) is 0.638. The van der Waals surface area contributed by atoms with Gasteiger partial charge in [-0.05, 0) is 39.9 Å². The number of thiocarbonyl (C=S) groups is 1. The van der Waals surface area contributed by atoms with Crippen molar-refractivity contribution in [3.63, 3.8) is 0 Å². The summed E-state index contributed by atoms with van der Waals surface area (Å²) in [4.78, 5) is 12.0. The molecule has 0 fully saturated rings. The Morgan fingerprint density at radius 2 is 2.00 bits per heavy atom. The summed E-state index contributed by atoms with van der Waals surface area (Å²) in [5.41, 5.74) is -0.509. The highest BCUT2D eigenvalue weighted by atomic mass is 32.1. The van der Waals surface area contributed by atoms with E-state index in [2.05, 4.69) is 5.32 Å². The second-order valence-corrected chi connectivity index (χ2v) is 4.01. The summed E-state index contributed by atoms with van der Waals surface area (Å²) in [6.07, 6.45) is -1.03. The first kappa shape index (κ1) is 12.2. The van der Waals surface area contributed by atoms with Crippen molar-refractivity contribution in [3.8, 4) is 0 Å². The summed E-state index contributed by atoms with van der Waals surface area (Å²) in [6.45, 7) is 7.88. The van der Waals surface area contributed by atoms with Crippen LogP contribution in [0.3, 0.4) is 0 Å². The van der Waals surface area contributed by atoms with Crippen LogP contribution in [0, 0.1) is 0 Å². The zero-order valence-electron chi connectivity index (χ0n) is 8.42. The normalized spacial score (nSPS) is 10.8. The lowest BCUT2D eigenvalue weighted by molar-refractivity contribution is 0.140. The lowest BCUT2D eigenvalue weighted by atomic mass is 10.1. The number of carbonyl (C=O) groups is 1. The van der Waals surface area contributed by atoms with E-state index in [0.29, 0.717) is 6.54 Å². The standard InChI is InChI=1S/C8H16N2O2S/c1-5-9-6(13)10(7(11)12)8(2,3)4/h5H2,1-4H3,(H,9,13)(H,11,12). The summed E-state index contributed by atoms with van der Waals surface area (Å²) >= 11 is 4.93. The van der Waals surface area contributed by atoms with Crippen molar-refractivity contribution in [1.29, 1.82) is 0 Å². The molecule has 0 aliphatic rings. The zero-order valence-corrected chi connectivity index (χ0v) is 9.23. The summed E-state index contributed by atoms with van der Waals surface area (Å²) in [7, 11) is 0. The number of rotatable bonds is 1. The van der Waals surface area contributed by atoms with Crippen LogP contribution >= 0.6 is 12.2 Å². The first-order chi connectivity index (χ1) is 5.80. The molecule has 0 saturated carbocycles. The smallest absolute Gasteiger partial charge is 0.414 e. The van der Waals surface area contributed by atoms with Crippen molar-refractivity contribution < 1.29 is 9.90 Å². The molecule has 0 rings (SSSR count). The van der Waals surface area contributed by atoms with Gasteiger partial charge in [-0.15, -0.1) is 0 Å². The van der Waals surface area contributed by atoms with Crippen LogP contribution < -0.4 is 5.32 Å². The molecule has 1 amide bonds. The molecular formula is C8H16N2O2S. The molecule has 0 unspecified atom stereocenters. The highest BCUT2D eigenvalue weighted by Gasteiger charge is 2.29. The predicted octanol–water partition coefficient (Wildman–Crippen LogP) is 1.66. The van der Waals surface area contributed by atoms with Gasteiger partial charge in [0.05, 0.1) is 0 Å². The van der Waals surface area contributed by atoms with E-state index < -0.39 is 11.6 Å². The SMILES string of the molecule is CCNC(=S)N(C(=O)O)C(C)(C)C. The van der Waals surface area contributed by atoms with Crippen LogP contribution in [0.4, 0.5) is 4.79 Å². The minimum Gasteiger partial charge on any atom is -0.465 e. The Morgan fingerprint density at radius 3 is 2.23 bits per heavy atom. The van der Waals surface area contributed by atoms with Gasteiger partial charge in [-0.1, -0.05) is 0 Å². The first-order valence-corrected chi connectivity index (χ1v) is 4.52. The van der Waals surface area contributed by atoms with Gasteiger partial charge in [0.2, 0.25) is 0 Å². The molecule has 0 heterocycles.